The molecular weight excluding hydrogens is 274 g/mol. The molecule has 0 radical (unpaired) electrons. The van der Waals surface area contributed by atoms with E-state index < -0.39 is 11.4 Å². The number of piperidine rings is 1. The van der Waals surface area contributed by atoms with E-state index in [1.54, 1.807) is 25.7 Å². The predicted octanol–water partition coefficient (Wildman–Crippen LogP) is 1.68. The summed E-state index contributed by atoms with van der Waals surface area (Å²) in [5.74, 6) is -1.50. The molecular formula is C15H25NO5. The lowest BCUT2D eigenvalue weighted by atomic mass is 9.84. The molecule has 1 heterocycles. The number of rotatable bonds is 6. The van der Waals surface area contributed by atoms with E-state index in [0.29, 0.717) is 19.7 Å². The number of nitrogens with zero attached hydrogens (tertiary/aromatic N) is 1. The minimum atomic E-state index is -0.907. The highest BCUT2D eigenvalue weighted by Gasteiger charge is 2.32. The molecule has 1 aliphatic heterocycles. The number of esters is 1. The van der Waals surface area contributed by atoms with Crippen LogP contribution >= 0.6 is 0 Å². The highest BCUT2D eigenvalue weighted by Crippen LogP contribution is 2.27. The van der Waals surface area contributed by atoms with Crippen molar-refractivity contribution >= 4 is 17.8 Å². The molecule has 0 aliphatic carbocycles. The Hall–Kier alpha value is -1.59. The zero-order valence-corrected chi connectivity index (χ0v) is 13.1. The molecule has 0 aromatic carbocycles. The zero-order chi connectivity index (χ0) is 16.0. The Morgan fingerprint density at radius 2 is 1.95 bits per heavy atom. The normalized spacial score (nSPS) is 19.2. The van der Waals surface area contributed by atoms with Crippen LogP contribution in [-0.2, 0) is 19.1 Å². The lowest BCUT2D eigenvalue weighted by Crippen LogP contribution is -2.44. The summed E-state index contributed by atoms with van der Waals surface area (Å²) in [6.45, 7) is 6.64. The van der Waals surface area contributed by atoms with Crippen LogP contribution in [0.15, 0.2) is 0 Å². The Balaban J connectivity index is 2.57. The summed E-state index contributed by atoms with van der Waals surface area (Å²) < 4.78 is 5.01. The minimum Gasteiger partial charge on any atom is -0.481 e. The van der Waals surface area contributed by atoms with Gasteiger partial charge in [0.05, 0.1) is 18.9 Å². The second-order valence-corrected chi connectivity index (χ2v) is 6.34. The van der Waals surface area contributed by atoms with Gasteiger partial charge in [-0.05, 0) is 25.2 Å². The molecule has 0 aromatic heterocycles. The Kier molecular flexibility index (Phi) is 6.18. The number of amides is 1. The summed E-state index contributed by atoms with van der Waals surface area (Å²) in [6, 6.07) is 0. The van der Waals surface area contributed by atoms with E-state index in [9.17, 15) is 14.4 Å². The number of aliphatic carboxylic acids is 1. The molecule has 1 N–H and O–H groups in total. The van der Waals surface area contributed by atoms with Gasteiger partial charge < -0.3 is 14.7 Å². The van der Waals surface area contributed by atoms with Crippen molar-refractivity contribution in [1.82, 2.24) is 4.90 Å². The summed E-state index contributed by atoms with van der Waals surface area (Å²) in [5, 5.41) is 8.86. The molecule has 6 heteroatoms. The second-order valence-electron chi connectivity index (χ2n) is 6.34. The standard InChI is InChI=1S/C15H25NO5/c1-4-21-14(20)11-6-5-7-16(10-11)12(17)8-15(2,3)9-13(18)19/h11H,4-10H2,1-3H3,(H,18,19). The SMILES string of the molecule is CCOC(=O)C1CCCN(C(=O)CC(C)(C)CC(=O)O)C1. The summed E-state index contributed by atoms with van der Waals surface area (Å²) >= 11 is 0. The summed E-state index contributed by atoms with van der Waals surface area (Å²) in [6.07, 6.45) is 1.64. The van der Waals surface area contributed by atoms with Gasteiger partial charge >= 0.3 is 11.9 Å². The van der Waals surface area contributed by atoms with Gasteiger partial charge in [-0.1, -0.05) is 13.8 Å². The number of carbonyl (C=O) groups is 3. The maximum absolute atomic E-state index is 12.3. The average molecular weight is 299 g/mol. The fourth-order valence-corrected chi connectivity index (χ4v) is 2.65. The van der Waals surface area contributed by atoms with Crippen LogP contribution in [-0.4, -0.2) is 47.5 Å². The van der Waals surface area contributed by atoms with Crippen molar-refractivity contribution in [2.24, 2.45) is 11.3 Å². The molecule has 0 saturated carbocycles. The molecule has 0 spiro atoms. The Bertz CT molecular complexity index is 405. The van der Waals surface area contributed by atoms with Crippen molar-refractivity contribution in [2.75, 3.05) is 19.7 Å². The highest BCUT2D eigenvalue weighted by molar-refractivity contribution is 5.79. The van der Waals surface area contributed by atoms with E-state index in [4.69, 9.17) is 9.84 Å². The maximum atomic E-state index is 12.3. The number of carboxylic acid groups (broad SMARTS) is 1. The van der Waals surface area contributed by atoms with Gasteiger partial charge in [-0.15, -0.1) is 0 Å². The minimum absolute atomic E-state index is 0.0477. The topological polar surface area (TPSA) is 83.9 Å². The summed E-state index contributed by atoms with van der Waals surface area (Å²) in [5.41, 5.74) is -0.584. The maximum Gasteiger partial charge on any atom is 0.310 e. The van der Waals surface area contributed by atoms with E-state index in [-0.39, 0.29) is 30.6 Å². The number of hydrogen-bond acceptors (Lipinski definition) is 4. The Morgan fingerprint density at radius 3 is 2.52 bits per heavy atom. The smallest absolute Gasteiger partial charge is 0.310 e. The molecule has 120 valence electrons. The number of likely N-dealkylation sites (tertiary alicyclic amines) is 1. The van der Waals surface area contributed by atoms with Gasteiger partial charge in [-0.3, -0.25) is 14.4 Å². The molecule has 1 fully saturated rings. The van der Waals surface area contributed by atoms with E-state index in [2.05, 4.69) is 0 Å². The van der Waals surface area contributed by atoms with Gasteiger partial charge in [0.1, 0.15) is 0 Å². The Morgan fingerprint density at radius 1 is 1.29 bits per heavy atom. The Labute approximate surface area is 125 Å². The van der Waals surface area contributed by atoms with E-state index >= 15 is 0 Å². The molecule has 0 aromatic rings. The number of carboxylic acids is 1. The average Bonchev–Trinajstić information content (AvgIpc) is 2.37. The van der Waals surface area contributed by atoms with Gasteiger partial charge in [-0.25, -0.2) is 0 Å². The lowest BCUT2D eigenvalue weighted by molar-refractivity contribution is -0.151. The third-order valence-electron chi connectivity index (χ3n) is 3.65. The van der Waals surface area contributed by atoms with Crippen LogP contribution in [0, 0.1) is 11.3 Å². The summed E-state index contributed by atoms with van der Waals surface area (Å²) in [7, 11) is 0. The third kappa shape index (κ3) is 5.73. The fourth-order valence-electron chi connectivity index (χ4n) is 2.65. The molecule has 1 aliphatic rings. The molecule has 1 amide bonds. The van der Waals surface area contributed by atoms with Crippen LogP contribution in [0.5, 0.6) is 0 Å². The van der Waals surface area contributed by atoms with Crippen molar-refractivity contribution in [3.63, 3.8) is 0 Å². The molecule has 21 heavy (non-hydrogen) atoms. The summed E-state index contributed by atoms with van der Waals surface area (Å²) in [4.78, 5) is 36.5. The highest BCUT2D eigenvalue weighted by atomic mass is 16.5. The lowest BCUT2D eigenvalue weighted by Gasteiger charge is -2.33. The predicted molar refractivity (Wildman–Crippen MR) is 76.6 cm³/mol. The van der Waals surface area contributed by atoms with Gasteiger partial charge in [0, 0.05) is 19.5 Å². The van der Waals surface area contributed by atoms with Crippen molar-refractivity contribution in [3.05, 3.63) is 0 Å². The van der Waals surface area contributed by atoms with E-state index in [1.165, 1.54) is 0 Å². The van der Waals surface area contributed by atoms with Crippen LogP contribution in [0.25, 0.3) is 0 Å². The molecule has 1 rings (SSSR count). The fraction of sp³-hybridized carbons (Fsp3) is 0.800. The van der Waals surface area contributed by atoms with Gasteiger partial charge in [0.25, 0.3) is 0 Å². The van der Waals surface area contributed by atoms with Crippen LogP contribution in [0.3, 0.4) is 0 Å². The van der Waals surface area contributed by atoms with Gasteiger partial charge in [0.15, 0.2) is 0 Å². The van der Waals surface area contributed by atoms with Crippen molar-refractivity contribution in [3.8, 4) is 0 Å². The van der Waals surface area contributed by atoms with E-state index in [0.717, 1.165) is 12.8 Å². The number of ether oxygens (including phenoxy) is 1. The first kappa shape index (κ1) is 17.5. The van der Waals surface area contributed by atoms with E-state index in [1.807, 2.05) is 0 Å². The first-order valence-electron chi connectivity index (χ1n) is 7.41. The molecule has 0 bridgehead atoms. The van der Waals surface area contributed by atoms with Crippen molar-refractivity contribution in [1.29, 1.82) is 0 Å². The quantitative estimate of drug-likeness (QED) is 0.754. The number of hydrogen-bond donors (Lipinski definition) is 1. The van der Waals surface area contributed by atoms with Crippen LogP contribution in [0.1, 0.15) is 46.5 Å². The van der Waals surface area contributed by atoms with Crippen LogP contribution in [0.4, 0.5) is 0 Å². The van der Waals surface area contributed by atoms with Crippen LogP contribution in [0.2, 0.25) is 0 Å². The molecule has 1 atom stereocenters. The second kappa shape index (κ2) is 7.43. The zero-order valence-electron chi connectivity index (χ0n) is 13.1. The first-order valence-corrected chi connectivity index (χ1v) is 7.41. The van der Waals surface area contributed by atoms with Crippen LogP contribution < -0.4 is 0 Å². The molecule has 1 unspecified atom stereocenters. The van der Waals surface area contributed by atoms with Gasteiger partial charge in [-0.2, -0.15) is 0 Å². The molecule has 6 nitrogen and oxygen atoms in total. The van der Waals surface area contributed by atoms with Gasteiger partial charge in [0.2, 0.25) is 5.91 Å². The monoisotopic (exact) mass is 299 g/mol. The van der Waals surface area contributed by atoms with Crippen molar-refractivity contribution < 1.29 is 24.2 Å². The third-order valence-corrected chi connectivity index (χ3v) is 3.65. The first-order chi connectivity index (χ1) is 9.75. The molecule has 1 saturated heterocycles. The largest absolute Gasteiger partial charge is 0.481 e. The number of carbonyl (C=O) groups excluding carboxylic acids is 2. The van der Waals surface area contributed by atoms with Crippen molar-refractivity contribution in [2.45, 2.75) is 46.5 Å².